The van der Waals surface area contributed by atoms with Crippen molar-refractivity contribution >= 4 is 5.97 Å². The molecule has 0 saturated heterocycles. The van der Waals surface area contributed by atoms with E-state index in [1.165, 1.54) is 44.1 Å². The Labute approximate surface area is 128 Å². The lowest BCUT2D eigenvalue weighted by Crippen LogP contribution is -2.14. The Kier molecular flexibility index (Phi) is 9.55. The number of hydrogen-bond donors (Lipinski definition) is 2. The molecule has 0 bridgehead atoms. The average molecular weight is 291 g/mol. The maximum Gasteiger partial charge on any atom is 0.303 e. The first-order valence-corrected chi connectivity index (χ1v) is 8.22. The van der Waals surface area contributed by atoms with Crippen LogP contribution >= 0.6 is 0 Å². The van der Waals surface area contributed by atoms with Gasteiger partial charge in [-0.1, -0.05) is 63.3 Å². The highest BCUT2D eigenvalue weighted by molar-refractivity contribution is 5.67. The van der Waals surface area contributed by atoms with Crippen LogP contribution in [0.25, 0.3) is 0 Å². The molecule has 2 N–H and O–H groups in total. The number of benzene rings is 1. The predicted octanol–water partition coefficient (Wildman–Crippen LogP) is 4.15. The Bertz CT molecular complexity index is 387. The maximum atomic E-state index is 10.5. The number of carbonyl (C=O) groups is 1. The molecule has 0 spiro atoms. The quantitative estimate of drug-likeness (QED) is 0.569. The predicted molar refractivity (Wildman–Crippen MR) is 87.5 cm³/mol. The first-order chi connectivity index (χ1) is 10.2. The van der Waals surface area contributed by atoms with Crippen molar-refractivity contribution in [3.8, 4) is 0 Å². The number of nitrogens with one attached hydrogen (secondary N) is 1. The molecule has 0 amide bonds. The van der Waals surface area contributed by atoms with Gasteiger partial charge < -0.3 is 10.4 Å². The summed E-state index contributed by atoms with van der Waals surface area (Å²) in [6.07, 6.45) is 8.78. The summed E-state index contributed by atoms with van der Waals surface area (Å²) in [6.45, 7) is 4.22. The molecule has 0 aliphatic carbocycles. The zero-order chi connectivity index (χ0) is 15.3. The Hall–Kier alpha value is -1.35. The van der Waals surface area contributed by atoms with Crippen LogP contribution in [0.1, 0.15) is 63.0 Å². The van der Waals surface area contributed by atoms with Gasteiger partial charge in [-0.15, -0.1) is 0 Å². The summed E-state index contributed by atoms with van der Waals surface area (Å²) < 4.78 is 0. The second-order valence-electron chi connectivity index (χ2n) is 5.65. The number of hydrogen-bond acceptors (Lipinski definition) is 2. The van der Waals surface area contributed by atoms with Gasteiger partial charge in [0, 0.05) is 13.0 Å². The van der Waals surface area contributed by atoms with Crippen LogP contribution in [0, 0.1) is 0 Å². The minimum absolute atomic E-state index is 0.204. The first kappa shape index (κ1) is 17.7. The van der Waals surface area contributed by atoms with Crippen LogP contribution in [0.3, 0.4) is 0 Å². The highest BCUT2D eigenvalue weighted by atomic mass is 16.4. The van der Waals surface area contributed by atoms with Crippen molar-refractivity contribution in [2.24, 2.45) is 0 Å². The van der Waals surface area contributed by atoms with E-state index in [-0.39, 0.29) is 6.42 Å². The first-order valence-electron chi connectivity index (χ1n) is 8.22. The summed E-state index contributed by atoms with van der Waals surface area (Å²) in [7, 11) is 0. The van der Waals surface area contributed by atoms with Crippen molar-refractivity contribution < 1.29 is 9.90 Å². The van der Waals surface area contributed by atoms with Gasteiger partial charge in [0.15, 0.2) is 0 Å². The fourth-order valence-corrected chi connectivity index (χ4v) is 2.34. The molecule has 0 heterocycles. The summed E-state index contributed by atoms with van der Waals surface area (Å²) in [5.41, 5.74) is 2.36. The van der Waals surface area contributed by atoms with Gasteiger partial charge in [-0.25, -0.2) is 0 Å². The van der Waals surface area contributed by atoms with Crippen molar-refractivity contribution in [2.45, 2.75) is 64.8 Å². The molecular weight excluding hydrogens is 262 g/mol. The molecular formula is C18H29NO2. The molecule has 3 nitrogen and oxygen atoms in total. The highest BCUT2D eigenvalue weighted by Crippen LogP contribution is 2.07. The van der Waals surface area contributed by atoms with Gasteiger partial charge in [-0.05, 0) is 30.5 Å². The van der Waals surface area contributed by atoms with Crippen molar-refractivity contribution in [1.29, 1.82) is 0 Å². The summed E-state index contributed by atoms with van der Waals surface area (Å²) in [5.74, 6) is -0.736. The molecule has 0 aliphatic heterocycles. The van der Waals surface area contributed by atoms with E-state index in [1.807, 2.05) is 12.1 Å². The van der Waals surface area contributed by atoms with Gasteiger partial charge in [-0.3, -0.25) is 4.79 Å². The number of aliphatic carboxylic acids is 1. The van der Waals surface area contributed by atoms with Gasteiger partial charge in [0.05, 0.1) is 0 Å². The maximum absolute atomic E-state index is 10.5. The fourth-order valence-electron chi connectivity index (χ4n) is 2.34. The molecule has 1 aromatic rings. The Balaban J connectivity index is 2.08. The van der Waals surface area contributed by atoms with Gasteiger partial charge >= 0.3 is 5.97 Å². The third-order valence-electron chi connectivity index (χ3n) is 3.69. The lowest BCUT2D eigenvalue weighted by molar-refractivity contribution is -0.136. The van der Waals surface area contributed by atoms with Crippen LogP contribution in [-0.2, 0) is 17.8 Å². The van der Waals surface area contributed by atoms with Crippen molar-refractivity contribution in [3.05, 3.63) is 35.4 Å². The molecule has 0 aliphatic rings. The van der Waals surface area contributed by atoms with Crippen molar-refractivity contribution in [3.63, 3.8) is 0 Å². The Morgan fingerprint density at radius 1 is 1.00 bits per heavy atom. The van der Waals surface area contributed by atoms with Crippen LogP contribution in [0.4, 0.5) is 0 Å². The van der Waals surface area contributed by atoms with Gasteiger partial charge in [0.1, 0.15) is 0 Å². The summed E-state index contributed by atoms with van der Waals surface area (Å²) in [5, 5.41) is 12.1. The lowest BCUT2D eigenvalue weighted by atomic mass is 10.1. The second-order valence-corrected chi connectivity index (χ2v) is 5.65. The van der Waals surface area contributed by atoms with Crippen LogP contribution in [-0.4, -0.2) is 17.6 Å². The Morgan fingerprint density at radius 2 is 1.62 bits per heavy atom. The molecule has 21 heavy (non-hydrogen) atoms. The number of unbranched alkanes of at least 4 members (excludes halogenated alkanes) is 5. The van der Waals surface area contributed by atoms with Crippen molar-refractivity contribution in [2.75, 3.05) is 6.54 Å². The average Bonchev–Trinajstić information content (AvgIpc) is 2.49. The lowest BCUT2D eigenvalue weighted by Gasteiger charge is -2.06. The summed E-state index contributed by atoms with van der Waals surface area (Å²) in [4.78, 5) is 10.5. The van der Waals surface area contributed by atoms with E-state index in [2.05, 4.69) is 24.4 Å². The number of rotatable bonds is 12. The molecule has 0 fully saturated rings. The van der Waals surface area contributed by atoms with E-state index in [9.17, 15) is 4.79 Å². The van der Waals surface area contributed by atoms with Gasteiger partial charge in [0.25, 0.3) is 0 Å². The smallest absolute Gasteiger partial charge is 0.303 e. The highest BCUT2D eigenvalue weighted by Gasteiger charge is 1.99. The van der Waals surface area contributed by atoms with Gasteiger partial charge in [0.2, 0.25) is 0 Å². The normalized spacial score (nSPS) is 10.7. The van der Waals surface area contributed by atoms with E-state index in [4.69, 9.17) is 5.11 Å². The van der Waals surface area contributed by atoms with Crippen LogP contribution in [0.2, 0.25) is 0 Å². The third kappa shape index (κ3) is 9.24. The van der Waals surface area contributed by atoms with E-state index in [1.54, 1.807) is 0 Å². The number of carboxylic acids is 1. The minimum atomic E-state index is -0.736. The molecule has 3 heteroatoms. The molecule has 0 aromatic heterocycles. The molecule has 0 atom stereocenters. The molecule has 1 aromatic carbocycles. The second kappa shape index (κ2) is 11.3. The molecule has 0 saturated carbocycles. The van der Waals surface area contributed by atoms with E-state index in [0.717, 1.165) is 18.7 Å². The van der Waals surface area contributed by atoms with Crippen LogP contribution in [0.15, 0.2) is 24.3 Å². The van der Waals surface area contributed by atoms with Crippen molar-refractivity contribution in [1.82, 2.24) is 5.32 Å². The summed E-state index contributed by atoms with van der Waals surface area (Å²) >= 11 is 0. The topological polar surface area (TPSA) is 49.3 Å². The fraction of sp³-hybridized carbons (Fsp3) is 0.611. The largest absolute Gasteiger partial charge is 0.481 e. The van der Waals surface area contributed by atoms with E-state index in [0.29, 0.717) is 6.42 Å². The van der Waals surface area contributed by atoms with E-state index < -0.39 is 5.97 Å². The molecule has 118 valence electrons. The summed E-state index contributed by atoms with van der Waals surface area (Å²) in [6, 6.07) is 8.24. The number of carboxylic acid groups (broad SMARTS) is 1. The standard InChI is InChI=1S/C18H29NO2/c1-2-3-4-5-6-7-14-19-15-17-10-8-16(9-11-17)12-13-18(20)21/h8-11,19H,2-7,12-15H2,1H3,(H,20,21). The molecule has 0 unspecified atom stereocenters. The third-order valence-corrected chi connectivity index (χ3v) is 3.69. The Morgan fingerprint density at radius 3 is 2.29 bits per heavy atom. The number of aryl methyl sites for hydroxylation is 1. The van der Waals surface area contributed by atoms with Crippen LogP contribution < -0.4 is 5.32 Å². The molecule has 0 radical (unpaired) electrons. The van der Waals surface area contributed by atoms with Gasteiger partial charge in [-0.2, -0.15) is 0 Å². The SMILES string of the molecule is CCCCCCCCNCc1ccc(CCC(=O)O)cc1. The van der Waals surface area contributed by atoms with Crippen LogP contribution in [0.5, 0.6) is 0 Å². The molecule has 1 rings (SSSR count). The monoisotopic (exact) mass is 291 g/mol. The minimum Gasteiger partial charge on any atom is -0.481 e. The van der Waals surface area contributed by atoms with E-state index >= 15 is 0 Å². The zero-order valence-corrected chi connectivity index (χ0v) is 13.2. The zero-order valence-electron chi connectivity index (χ0n) is 13.2.